The van der Waals surface area contributed by atoms with Crippen molar-refractivity contribution >= 4 is 5.69 Å². The van der Waals surface area contributed by atoms with Gasteiger partial charge < -0.3 is 14.9 Å². The van der Waals surface area contributed by atoms with E-state index in [0.29, 0.717) is 0 Å². The zero-order valence-corrected chi connectivity index (χ0v) is 6.83. The van der Waals surface area contributed by atoms with E-state index in [4.69, 9.17) is 9.47 Å². The normalized spacial score (nSPS) is 16.6. The molecule has 3 rings (SSSR count). The number of fused-ring (bicyclic) bond motifs is 2. The highest BCUT2D eigenvalue weighted by atomic mass is 16.5. The van der Waals surface area contributed by atoms with Gasteiger partial charge in [0.2, 0.25) is 0 Å². The average molecular weight is 176 g/mol. The highest BCUT2D eigenvalue weighted by molar-refractivity contribution is 5.62. The number of benzene rings is 1. The molecule has 0 spiro atoms. The van der Waals surface area contributed by atoms with Gasteiger partial charge in [0, 0.05) is 12.6 Å². The summed E-state index contributed by atoms with van der Waals surface area (Å²) in [4.78, 5) is 0. The molecule has 2 aliphatic heterocycles. The number of hydrazine groups is 1. The third kappa shape index (κ3) is 0.957. The molecule has 1 aromatic rings. The summed E-state index contributed by atoms with van der Waals surface area (Å²) in [5.41, 5.74) is 8.32. The molecule has 13 heavy (non-hydrogen) atoms. The van der Waals surface area contributed by atoms with Crippen LogP contribution in [0.5, 0.6) is 11.5 Å². The van der Waals surface area contributed by atoms with Gasteiger partial charge in [0.05, 0.1) is 5.69 Å². The largest absolute Gasteiger partial charge is 0.458 e. The number of hydrogen-bond donors (Lipinski definition) is 2. The molecule has 4 nitrogen and oxygen atoms in total. The van der Waals surface area contributed by atoms with Crippen molar-refractivity contribution in [1.82, 2.24) is 5.43 Å². The van der Waals surface area contributed by atoms with Crippen LogP contribution in [0.1, 0.15) is 5.56 Å². The summed E-state index contributed by atoms with van der Waals surface area (Å²) >= 11 is 0. The summed E-state index contributed by atoms with van der Waals surface area (Å²) in [6, 6.07) is 3.90. The van der Waals surface area contributed by atoms with E-state index in [0.717, 1.165) is 23.7 Å². The molecule has 0 saturated carbocycles. The van der Waals surface area contributed by atoms with Crippen molar-refractivity contribution in [2.24, 2.45) is 0 Å². The lowest BCUT2D eigenvalue weighted by Gasteiger charge is -2.13. The monoisotopic (exact) mass is 176 g/mol. The molecule has 0 unspecified atom stereocenters. The maximum Gasteiger partial charge on any atom is 0.171 e. The van der Waals surface area contributed by atoms with Crippen molar-refractivity contribution in [3.05, 3.63) is 30.2 Å². The summed E-state index contributed by atoms with van der Waals surface area (Å²) in [7, 11) is 0. The van der Waals surface area contributed by atoms with E-state index in [1.54, 1.807) is 0 Å². The zero-order chi connectivity index (χ0) is 8.67. The van der Waals surface area contributed by atoms with Gasteiger partial charge in [-0.1, -0.05) is 0 Å². The number of rotatable bonds is 0. The molecule has 0 saturated heterocycles. The van der Waals surface area contributed by atoms with E-state index in [-0.39, 0.29) is 0 Å². The average Bonchev–Trinajstić information content (AvgIpc) is 2.61. The van der Waals surface area contributed by atoms with E-state index in [2.05, 4.69) is 10.9 Å². The Morgan fingerprint density at radius 1 is 1.08 bits per heavy atom. The minimum absolute atomic E-state index is 0.748. The Morgan fingerprint density at radius 2 is 1.85 bits per heavy atom. The van der Waals surface area contributed by atoms with Gasteiger partial charge in [-0.05, 0) is 11.6 Å². The molecule has 1 aromatic carbocycles. The third-order valence-electron chi connectivity index (χ3n) is 2.12. The Balaban J connectivity index is 2.14. The van der Waals surface area contributed by atoms with E-state index >= 15 is 0 Å². The van der Waals surface area contributed by atoms with E-state index < -0.39 is 0 Å². The molecule has 0 aliphatic carbocycles. The maximum absolute atomic E-state index is 5.29. The second-order valence-electron chi connectivity index (χ2n) is 2.94. The fourth-order valence-electron chi connectivity index (χ4n) is 1.49. The van der Waals surface area contributed by atoms with Crippen molar-refractivity contribution < 1.29 is 9.47 Å². The minimum Gasteiger partial charge on any atom is -0.458 e. The lowest BCUT2D eigenvalue weighted by atomic mass is 10.1. The Labute approximate surface area is 75.1 Å². The van der Waals surface area contributed by atoms with Crippen molar-refractivity contribution in [3.8, 4) is 11.5 Å². The first-order chi connectivity index (χ1) is 6.43. The molecular weight excluding hydrogens is 168 g/mol. The summed E-state index contributed by atoms with van der Waals surface area (Å²) in [6.07, 6.45) is 3.06. The van der Waals surface area contributed by atoms with Crippen LogP contribution in [0.2, 0.25) is 0 Å². The molecule has 2 N–H and O–H groups in total. The van der Waals surface area contributed by atoms with Crippen LogP contribution in [0.15, 0.2) is 24.7 Å². The molecule has 4 heteroatoms. The van der Waals surface area contributed by atoms with Crippen molar-refractivity contribution in [2.45, 2.75) is 6.54 Å². The Kier molecular flexibility index (Phi) is 1.26. The van der Waals surface area contributed by atoms with Gasteiger partial charge in [0.15, 0.2) is 11.5 Å². The van der Waals surface area contributed by atoms with Gasteiger partial charge in [-0.3, -0.25) is 0 Å². The predicted molar refractivity (Wildman–Crippen MR) is 47.3 cm³/mol. The third-order valence-corrected chi connectivity index (χ3v) is 2.12. The van der Waals surface area contributed by atoms with Crippen LogP contribution in [0.3, 0.4) is 0 Å². The van der Waals surface area contributed by atoms with Crippen molar-refractivity contribution in [3.63, 3.8) is 0 Å². The molecule has 0 atom stereocenters. The van der Waals surface area contributed by atoms with Crippen molar-refractivity contribution in [1.29, 1.82) is 0 Å². The Hall–Kier alpha value is -1.68. The van der Waals surface area contributed by atoms with Crippen LogP contribution >= 0.6 is 0 Å². The number of anilines is 1. The van der Waals surface area contributed by atoms with Gasteiger partial charge in [0.1, 0.15) is 12.5 Å². The van der Waals surface area contributed by atoms with Gasteiger partial charge in [-0.2, -0.15) is 0 Å². The summed E-state index contributed by atoms with van der Waals surface area (Å²) in [5.74, 6) is 1.52. The van der Waals surface area contributed by atoms with Crippen molar-refractivity contribution in [2.75, 3.05) is 5.43 Å². The van der Waals surface area contributed by atoms with Crippen LogP contribution in [0.25, 0.3) is 0 Å². The Morgan fingerprint density at radius 3 is 2.69 bits per heavy atom. The van der Waals surface area contributed by atoms with E-state index in [1.165, 1.54) is 18.1 Å². The second kappa shape index (κ2) is 2.40. The minimum atomic E-state index is 0.748. The van der Waals surface area contributed by atoms with Crippen LogP contribution in [-0.2, 0) is 6.54 Å². The highest BCUT2D eigenvalue weighted by Crippen LogP contribution is 2.36. The molecule has 0 aromatic heterocycles. The molecule has 0 fully saturated rings. The molecular formula is C9H8N2O2. The molecule has 0 radical (unpaired) electrons. The first-order valence-electron chi connectivity index (χ1n) is 4.07. The highest BCUT2D eigenvalue weighted by Gasteiger charge is 2.16. The second-order valence-corrected chi connectivity index (χ2v) is 2.94. The van der Waals surface area contributed by atoms with Gasteiger partial charge in [0.25, 0.3) is 0 Å². The fraction of sp³-hybridized carbons (Fsp3) is 0.111. The first kappa shape index (κ1) is 6.80. The molecule has 0 amide bonds. The lowest BCUT2D eigenvalue weighted by molar-refractivity contribution is 0.361. The van der Waals surface area contributed by atoms with Crippen LogP contribution in [-0.4, -0.2) is 0 Å². The maximum atomic E-state index is 5.29. The van der Waals surface area contributed by atoms with Crippen LogP contribution in [0, 0.1) is 0 Å². The van der Waals surface area contributed by atoms with E-state index in [9.17, 15) is 0 Å². The van der Waals surface area contributed by atoms with Crippen LogP contribution < -0.4 is 20.3 Å². The number of hydrogen-bond acceptors (Lipinski definition) is 4. The lowest BCUT2D eigenvalue weighted by Crippen LogP contribution is -2.10. The number of nitrogens with one attached hydrogen (secondary N) is 2. The van der Waals surface area contributed by atoms with Gasteiger partial charge in [-0.15, -0.1) is 0 Å². The molecule has 0 bridgehead atoms. The topological polar surface area (TPSA) is 42.5 Å². The van der Waals surface area contributed by atoms with Gasteiger partial charge in [-0.25, -0.2) is 5.43 Å². The predicted octanol–water partition coefficient (Wildman–Crippen LogP) is 1.36. The summed E-state index contributed by atoms with van der Waals surface area (Å²) in [6.45, 7) is 0.815. The zero-order valence-electron chi connectivity index (χ0n) is 6.83. The van der Waals surface area contributed by atoms with Crippen LogP contribution in [0.4, 0.5) is 5.69 Å². The summed E-state index contributed by atoms with van der Waals surface area (Å²) < 4.78 is 10.6. The molecule has 66 valence electrons. The smallest absolute Gasteiger partial charge is 0.171 e. The molecule has 2 aliphatic rings. The number of ether oxygens (including phenoxy) is 2. The Bertz CT molecular complexity index is 352. The first-order valence-corrected chi connectivity index (χ1v) is 4.07. The van der Waals surface area contributed by atoms with Gasteiger partial charge >= 0.3 is 0 Å². The van der Waals surface area contributed by atoms with E-state index in [1.807, 2.05) is 12.1 Å². The summed E-state index contributed by atoms with van der Waals surface area (Å²) in [5, 5.41) is 0. The quantitative estimate of drug-likeness (QED) is 0.626. The molecule has 2 heterocycles. The fourth-order valence-corrected chi connectivity index (χ4v) is 1.49. The standard InChI is InChI=1S/C9H8N2O2/c1-2-13-9-4-7-6(5-10-11-7)3-8(9)12-1/h1-4,10-11H,5H2. The SMILES string of the molecule is C1=COc2cc3c(cc2O1)CNN3.